The summed E-state index contributed by atoms with van der Waals surface area (Å²) in [7, 11) is 0. The van der Waals surface area contributed by atoms with Gasteiger partial charge < -0.3 is 10.4 Å². The number of fused-ring (bicyclic) bond motifs is 1. The summed E-state index contributed by atoms with van der Waals surface area (Å²) in [5, 5.41) is 12.0. The van der Waals surface area contributed by atoms with E-state index < -0.39 is 29.6 Å². The molecular formula is C22H22N2O5. The van der Waals surface area contributed by atoms with Gasteiger partial charge in [-0.3, -0.25) is 24.1 Å². The second-order valence-electron chi connectivity index (χ2n) is 7.09. The van der Waals surface area contributed by atoms with Crippen LogP contribution in [0.1, 0.15) is 38.3 Å². The number of carbonyl (C=O) groups excluding carboxylic acids is 3. The Hall–Kier alpha value is -3.48. The minimum absolute atomic E-state index is 0.0236. The van der Waals surface area contributed by atoms with Gasteiger partial charge in [0.15, 0.2) is 0 Å². The second kappa shape index (κ2) is 8.68. The Morgan fingerprint density at radius 3 is 2.28 bits per heavy atom. The van der Waals surface area contributed by atoms with E-state index >= 15 is 0 Å². The SMILES string of the molecule is Cc1cccc(CC(CNC(=O)CCN2C(=O)c3ccccc3C2=O)C(=O)O)c1. The lowest BCUT2D eigenvalue weighted by atomic mass is 9.98. The molecule has 2 N–H and O–H groups in total. The van der Waals surface area contributed by atoms with E-state index in [1.54, 1.807) is 24.3 Å². The summed E-state index contributed by atoms with van der Waals surface area (Å²) in [6.45, 7) is 1.86. The van der Waals surface area contributed by atoms with Crippen molar-refractivity contribution in [1.82, 2.24) is 10.2 Å². The second-order valence-corrected chi connectivity index (χ2v) is 7.09. The van der Waals surface area contributed by atoms with Crippen LogP contribution in [0.2, 0.25) is 0 Å². The maximum atomic E-state index is 12.3. The van der Waals surface area contributed by atoms with Gasteiger partial charge in [-0.1, -0.05) is 42.0 Å². The fourth-order valence-corrected chi connectivity index (χ4v) is 3.35. The molecule has 0 saturated heterocycles. The van der Waals surface area contributed by atoms with Crippen molar-refractivity contribution in [3.63, 3.8) is 0 Å². The van der Waals surface area contributed by atoms with Crippen molar-refractivity contribution in [3.8, 4) is 0 Å². The highest BCUT2D eigenvalue weighted by molar-refractivity contribution is 6.21. The number of amides is 3. The number of carboxylic acids is 1. The van der Waals surface area contributed by atoms with Gasteiger partial charge in [0.05, 0.1) is 17.0 Å². The van der Waals surface area contributed by atoms with E-state index in [9.17, 15) is 24.3 Å². The molecule has 1 heterocycles. The molecule has 0 bridgehead atoms. The van der Waals surface area contributed by atoms with Crippen LogP contribution in [0.25, 0.3) is 0 Å². The molecule has 2 aromatic rings. The first-order valence-corrected chi connectivity index (χ1v) is 9.37. The Morgan fingerprint density at radius 1 is 1.03 bits per heavy atom. The highest BCUT2D eigenvalue weighted by Gasteiger charge is 2.35. The van der Waals surface area contributed by atoms with E-state index in [1.807, 2.05) is 31.2 Å². The molecule has 2 aromatic carbocycles. The maximum absolute atomic E-state index is 12.3. The molecule has 1 aliphatic rings. The van der Waals surface area contributed by atoms with Crippen molar-refractivity contribution in [2.24, 2.45) is 5.92 Å². The van der Waals surface area contributed by atoms with E-state index in [1.165, 1.54) is 0 Å². The van der Waals surface area contributed by atoms with Crippen LogP contribution in [-0.4, -0.2) is 46.8 Å². The van der Waals surface area contributed by atoms with Crippen LogP contribution in [0.15, 0.2) is 48.5 Å². The van der Waals surface area contributed by atoms with Crippen LogP contribution in [0.3, 0.4) is 0 Å². The number of aliphatic carboxylic acids is 1. The zero-order valence-corrected chi connectivity index (χ0v) is 16.1. The standard InChI is InChI=1S/C22H22N2O5/c1-14-5-4-6-15(11-14)12-16(22(28)29)13-23-19(25)9-10-24-20(26)17-7-2-3-8-18(17)21(24)27/h2-8,11,16H,9-10,12-13H2,1H3,(H,23,25)(H,28,29). The average Bonchev–Trinajstić information content (AvgIpc) is 2.94. The molecule has 3 amide bonds. The average molecular weight is 394 g/mol. The Bertz CT molecular complexity index is 934. The van der Waals surface area contributed by atoms with Gasteiger partial charge in [0.1, 0.15) is 0 Å². The number of carbonyl (C=O) groups is 4. The third kappa shape index (κ3) is 4.68. The monoisotopic (exact) mass is 394 g/mol. The minimum Gasteiger partial charge on any atom is -0.481 e. The number of nitrogens with one attached hydrogen (secondary N) is 1. The first-order valence-electron chi connectivity index (χ1n) is 9.37. The fourth-order valence-electron chi connectivity index (χ4n) is 3.35. The Balaban J connectivity index is 1.52. The summed E-state index contributed by atoms with van der Waals surface area (Å²) in [6.07, 6.45) is 0.220. The molecule has 1 unspecified atom stereocenters. The Morgan fingerprint density at radius 2 is 1.69 bits per heavy atom. The predicted molar refractivity (Wildman–Crippen MR) is 105 cm³/mol. The normalized spacial score (nSPS) is 13.9. The maximum Gasteiger partial charge on any atom is 0.308 e. The van der Waals surface area contributed by atoms with Gasteiger partial charge in [-0.05, 0) is 31.0 Å². The van der Waals surface area contributed by atoms with E-state index in [-0.39, 0.29) is 19.5 Å². The summed E-state index contributed by atoms with van der Waals surface area (Å²) in [5.74, 6) is -2.99. The van der Waals surface area contributed by atoms with Crippen molar-refractivity contribution in [2.75, 3.05) is 13.1 Å². The topological polar surface area (TPSA) is 104 Å². The number of nitrogens with zero attached hydrogens (tertiary/aromatic N) is 1. The van der Waals surface area contributed by atoms with Crippen LogP contribution in [0.5, 0.6) is 0 Å². The van der Waals surface area contributed by atoms with E-state index in [4.69, 9.17) is 0 Å². The van der Waals surface area contributed by atoms with Crippen LogP contribution < -0.4 is 5.32 Å². The number of rotatable bonds is 8. The Labute approximate surface area is 168 Å². The Kier molecular flexibility index (Phi) is 6.07. The van der Waals surface area contributed by atoms with Crippen LogP contribution in [0, 0.1) is 12.8 Å². The van der Waals surface area contributed by atoms with Gasteiger partial charge in [-0.15, -0.1) is 0 Å². The molecule has 1 aliphatic heterocycles. The molecule has 150 valence electrons. The third-order valence-electron chi connectivity index (χ3n) is 4.90. The molecule has 0 saturated carbocycles. The predicted octanol–water partition coefficient (Wildman–Crippen LogP) is 2.04. The zero-order chi connectivity index (χ0) is 21.0. The molecule has 1 atom stereocenters. The van der Waals surface area contributed by atoms with Crippen molar-refractivity contribution >= 4 is 23.7 Å². The highest BCUT2D eigenvalue weighted by atomic mass is 16.4. The summed E-state index contributed by atoms with van der Waals surface area (Å²) >= 11 is 0. The van der Waals surface area contributed by atoms with Gasteiger partial charge in [-0.2, -0.15) is 0 Å². The number of benzene rings is 2. The quantitative estimate of drug-likeness (QED) is 0.667. The summed E-state index contributed by atoms with van der Waals surface area (Å²) < 4.78 is 0. The molecule has 3 rings (SSSR count). The summed E-state index contributed by atoms with van der Waals surface area (Å²) in [4.78, 5) is 49.3. The molecule has 0 fully saturated rings. The van der Waals surface area contributed by atoms with Crippen molar-refractivity contribution < 1.29 is 24.3 Å². The summed E-state index contributed by atoms with van der Waals surface area (Å²) in [6, 6.07) is 14.1. The molecule has 7 nitrogen and oxygen atoms in total. The van der Waals surface area contributed by atoms with Gasteiger partial charge in [-0.25, -0.2) is 0 Å². The van der Waals surface area contributed by atoms with Crippen LogP contribution in [0.4, 0.5) is 0 Å². The van der Waals surface area contributed by atoms with Gasteiger partial charge >= 0.3 is 5.97 Å². The fraction of sp³-hybridized carbons (Fsp3) is 0.273. The summed E-state index contributed by atoms with van der Waals surface area (Å²) in [5.41, 5.74) is 2.60. The number of hydrogen-bond acceptors (Lipinski definition) is 4. The molecule has 29 heavy (non-hydrogen) atoms. The molecule has 7 heteroatoms. The molecule has 0 radical (unpaired) electrons. The van der Waals surface area contributed by atoms with Crippen LogP contribution >= 0.6 is 0 Å². The van der Waals surface area contributed by atoms with E-state index in [0.29, 0.717) is 17.5 Å². The molecule has 0 aromatic heterocycles. The number of carboxylic acid groups (broad SMARTS) is 1. The van der Waals surface area contributed by atoms with Crippen molar-refractivity contribution in [1.29, 1.82) is 0 Å². The minimum atomic E-state index is -0.993. The highest BCUT2D eigenvalue weighted by Crippen LogP contribution is 2.22. The van der Waals surface area contributed by atoms with Gasteiger partial charge in [0.25, 0.3) is 11.8 Å². The lowest BCUT2D eigenvalue weighted by Gasteiger charge is -2.16. The van der Waals surface area contributed by atoms with Crippen molar-refractivity contribution in [3.05, 3.63) is 70.8 Å². The van der Waals surface area contributed by atoms with E-state index in [0.717, 1.165) is 16.0 Å². The van der Waals surface area contributed by atoms with Gasteiger partial charge in [0, 0.05) is 19.5 Å². The number of hydrogen-bond donors (Lipinski definition) is 2. The first kappa shape index (κ1) is 20.3. The number of aryl methyl sites for hydroxylation is 1. The lowest BCUT2D eigenvalue weighted by molar-refractivity contribution is -0.141. The number of imide groups is 1. The third-order valence-corrected chi connectivity index (χ3v) is 4.90. The lowest BCUT2D eigenvalue weighted by Crippen LogP contribution is -2.37. The first-order chi connectivity index (χ1) is 13.9. The van der Waals surface area contributed by atoms with Gasteiger partial charge in [0.2, 0.25) is 5.91 Å². The van der Waals surface area contributed by atoms with E-state index in [2.05, 4.69) is 5.32 Å². The molecule has 0 spiro atoms. The zero-order valence-electron chi connectivity index (χ0n) is 16.1. The largest absolute Gasteiger partial charge is 0.481 e. The molecular weight excluding hydrogens is 372 g/mol. The van der Waals surface area contributed by atoms with Crippen molar-refractivity contribution in [2.45, 2.75) is 19.8 Å². The molecule has 0 aliphatic carbocycles. The van der Waals surface area contributed by atoms with Crippen LogP contribution in [-0.2, 0) is 16.0 Å². The smallest absolute Gasteiger partial charge is 0.308 e.